The molecule has 1 aromatic heterocycles. The molecule has 6 heteroatoms. The summed E-state index contributed by atoms with van der Waals surface area (Å²) in [6.07, 6.45) is 1.95. The molecule has 0 unspecified atom stereocenters. The zero-order valence-corrected chi connectivity index (χ0v) is 14.8. The molecular formula is C21H20FN3O2. The Morgan fingerprint density at radius 2 is 1.74 bits per heavy atom. The minimum Gasteiger partial charge on any atom is -0.420 e. The van der Waals surface area contributed by atoms with Crippen molar-refractivity contribution in [2.45, 2.75) is 25.2 Å². The molecule has 0 radical (unpaired) electrons. The third kappa shape index (κ3) is 3.89. The second-order valence-electron chi connectivity index (χ2n) is 6.74. The molecule has 0 atom stereocenters. The van der Waals surface area contributed by atoms with E-state index in [9.17, 15) is 9.18 Å². The summed E-state index contributed by atoms with van der Waals surface area (Å²) in [7, 11) is 0. The number of amides is 1. The minimum atomic E-state index is -0.381. The minimum absolute atomic E-state index is 0.0961. The third-order valence-corrected chi connectivity index (χ3v) is 4.94. The lowest BCUT2D eigenvalue weighted by Gasteiger charge is -2.30. The van der Waals surface area contributed by atoms with Crippen molar-refractivity contribution in [2.24, 2.45) is 0 Å². The highest BCUT2D eigenvalue weighted by Crippen LogP contribution is 2.30. The second-order valence-corrected chi connectivity index (χ2v) is 6.74. The highest BCUT2D eigenvalue weighted by Gasteiger charge is 2.27. The largest absolute Gasteiger partial charge is 0.420 e. The lowest BCUT2D eigenvalue weighted by molar-refractivity contribution is -0.131. The van der Waals surface area contributed by atoms with Crippen LogP contribution < -0.4 is 0 Å². The van der Waals surface area contributed by atoms with Gasteiger partial charge in [-0.05, 0) is 30.5 Å². The predicted octanol–water partition coefficient (Wildman–Crippen LogP) is 3.82. The summed E-state index contributed by atoms with van der Waals surface area (Å²) in [5.74, 6) is 0.569. The van der Waals surface area contributed by atoms with E-state index in [1.165, 1.54) is 6.07 Å². The van der Waals surface area contributed by atoms with Crippen LogP contribution in [0.1, 0.15) is 30.2 Å². The molecule has 0 bridgehead atoms. The number of hydrogen-bond acceptors (Lipinski definition) is 4. The van der Waals surface area contributed by atoms with Gasteiger partial charge in [-0.3, -0.25) is 4.79 Å². The van der Waals surface area contributed by atoms with Crippen molar-refractivity contribution >= 4 is 5.91 Å². The van der Waals surface area contributed by atoms with Crippen LogP contribution in [0.15, 0.2) is 59.0 Å². The Kier molecular flexibility index (Phi) is 4.96. The molecule has 0 saturated carbocycles. The van der Waals surface area contributed by atoms with Crippen molar-refractivity contribution in [3.63, 3.8) is 0 Å². The lowest BCUT2D eigenvalue weighted by Crippen LogP contribution is -2.38. The summed E-state index contributed by atoms with van der Waals surface area (Å²) in [5.41, 5.74) is 1.34. The van der Waals surface area contributed by atoms with Gasteiger partial charge in [0.25, 0.3) is 5.89 Å². The first-order valence-electron chi connectivity index (χ1n) is 9.10. The Bertz CT molecular complexity index is 918. The molecule has 1 aliphatic rings. The van der Waals surface area contributed by atoms with Crippen LogP contribution in [-0.2, 0) is 11.2 Å². The summed E-state index contributed by atoms with van der Waals surface area (Å²) < 4.78 is 19.6. The molecule has 4 rings (SSSR count). The highest BCUT2D eigenvalue weighted by molar-refractivity contribution is 5.78. The molecule has 0 aliphatic carbocycles. The number of benzene rings is 2. The normalized spacial score (nSPS) is 15.1. The first-order chi connectivity index (χ1) is 13.2. The van der Waals surface area contributed by atoms with Gasteiger partial charge in [0, 0.05) is 19.0 Å². The molecule has 0 N–H and O–H groups in total. The fourth-order valence-electron chi connectivity index (χ4n) is 3.40. The van der Waals surface area contributed by atoms with Gasteiger partial charge in [0.05, 0.1) is 12.0 Å². The molecule has 1 aliphatic heterocycles. The summed E-state index contributed by atoms with van der Waals surface area (Å²) in [6, 6.07) is 16.1. The van der Waals surface area contributed by atoms with Gasteiger partial charge in [-0.15, -0.1) is 10.2 Å². The van der Waals surface area contributed by atoms with Gasteiger partial charge in [0.2, 0.25) is 11.8 Å². The maximum atomic E-state index is 13.9. The molecule has 1 amide bonds. The van der Waals surface area contributed by atoms with Crippen molar-refractivity contribution in [3.05, 3.63) is 71.9 Å². The van der Waals surface area contributed by atoms with Crippen LogP contribution in [0.4, 0.5) is 4.39 Å². The Morgan fingerprint density at radius 1 is 1.04 bits per heavy atom. The van der Waals surface area contributed by atoms with Crippen molar-refractivity contribution in [1.82, 2.24) is 15.1 Å². The monoisotopic (exact) mass is 365 g/mol. The molecule has 138 valence electrons. The fourth-order valence-corrected chi connectivity index (χ4v) is 3.40. The molecule has 2 heterocycles. The van der Waals surface area contributed by atoms with Crippen molar-refractivity contribution in [3.8, 4) is 11.5 Å². The number of carbonyl (C=O) groups is 1. The highest BCUT2D eigenvalue weighted by atomic mass is 19.1. The van der Waals surface area contributed by atoms with Crippen LogP contribution in [0.2, 0.25) is 0 Å². The molecule has 1 saturated heterocycles. The first-order valence-corrected chi connectivity index (χ1v) is 9.10. The van der Waals surface area contributed by atoms with Crippen LogP contribution in [0.3, 0.4) is 0 Å². The third-order valence-electron chi connectivity index (χ3n) is 4.94. The number of halogens is 1. The van der Waals surface area contributed by atoms with Crippen molar-refractivity contribution < 1.29 is 13.6 Å². The first kappa shape index (κ1) is 17.4. The van der Waals surface area contributed by atoms with Crippen LogP contribution in [0.5, 0.6) is 0 Å². The molecule has 0 spiro atoms. The summed E-state index contributed by atoms with van der Waals surface area (Å²) in [6.45, 7) is 1.32. The maximum Gasteiger partial charge on any atom is 0.250 e. The maximum absolute atomic E-state index is 13.9. The zero-order valence-electron chi connectivity index (χ0n) is 14.8. The van der Waals surface area contributed by atoms with E-state index < -0.39 is 0 Å². The second kappa shape index (κ2) is 7.70. The Morgan fingerprint density at radius 3 is 2.48 bits per heavy atom. The van der Waals surface area contributed by atoms with Gasteiger partial charge >= 0.3 is 0 Å². The van der Waals surface area contributed by atoms with E-state index in [2.05, 4.69) is 10.2 Å². The standard InChI is InChI=1S/C21H20FN3O2/c22-18-9-5-4-8-17(18)21-24-23-20(27-21)16-10-12-25(13-11-16)19(26)14-15-6-2-1-3-7-15/h1-9,16H,10-14H2. The van der Waals surface area contributed by atoms with E-state index in [-0.39, 0.29) is 23.5 Å². The van der Waals surface area contributed by atoms with Crippen molar-refractivity contribution in [2.75, 3.05) is 13.1 Å². The van der Waals surface area contributed by atoms with Gasteiger partial charge in [-0.2, -0.15) is 0 Å². The topological polar surface area (TPSA) is 59.2 Å². The van der Waals surface area contributed by atoms with Gasteiger partial charge in [0.15, 0.2) is 0 Å². The van der Waals surface area contributed by atoms with E-state index in [0.717, 1.165) is 18.4 Å². The molecule has 2 aromatic carbocycles. The lowest BCUT2D eigenvalue weighted by atomic mass is 9.96. The fraction of sp³-hybridized carbons (Fsp3) is 0.286. The van der Waals surface area contributed by atoms with E-state index in [1.807, 2.05) is 35.2 Å². The number of nitrogens with zero attached hydrogens (tertiary/aromatic N) is 3. The summed E-state index contributed by atoms with van der Waals surface area (Å²) in [5, 5.41) is 8.10. The van der Waals surface area contributed by atoms with Crippen LogP contribution in [0.25, 0.3) is 11.5 Å². The average molecular weight is 365 g/mol. The van der Waals surface area contributed by atoms with Crippen LogP contribution in [0, 0.1) is 5.82 Å². The Balaban J connectivity index is 1.37. The summed E-state index contributed by atoms with van der Waals surface area (Å²) >= 11 is 0. The number of hydrogen-bond donors (Lipinski definition) is 0. The predicted molar refractivity (Wildman–Crippen MR) is 98.4 cm³/mol. The van der Waals surface area contributed by atoms with E-state index in [4.69, 9.17) is 4.42 Å². The quantitative estimate of drug-likeness (QED) is 0.705. The van der Waals surface area contributed by atoms with Crippen LogP contribution in [-0.4, -0.2) is 34.1 Å². The molecule has 1 fully saturated rings. The van der Waals surface area contributed by atoms with Gasteiger partial charge in [0.1, 0.15) is 5.82 Å². The number of piperidine rings is 1. The van der Waals surface area contributed by atoms with E-state index in [1.54, 1.807) is 18.2 Å². The molecule has 5 nitrogen and oxygen atoms in total. The SMILES string of the molecule is O=C(Cc1ccccc1)N1CCC(c2nnc(-c3ccccc3F)o2)CC1. The van der Waals surface area contributed by atoms with Gasteiger partial charge in [-0.1, -0.05) is 42.5 Å². The van der Waals surface area contributed by atoms with Gasteiger partial charge < -0.3 is 9.32 Å². The average Bonchev–Trinajstić information content (AvgIpc) is 3.19. The van der Waals surface area contributed by atoms with E-state index in [0.29, 0.717) is 31.0 Å². The van der Waals surface area contributed by atoms with Crippen LogP contribution >= 0.6 is 0 Å². The van der Waals surface area contributed by atoms with Crippen molar-refractivity contribution in [1.29, 1.82) is 0 Å². The molecular weight excluding hydrogens is 345 g/mol. The Hall–Kier alpha value is -3.02. The number of likely N-dealkylation sites (tertiary alicyclic amines) is 1. The molecule has 27 heavy (non-hydrogen) atoms. The van der Waals surface area contributed by atoms with Gasteiger partial charge in [-0.25, -0.2) is 4.39 Å². The number of rotatable bonds is 4. The smallest absolute Gasteiger partial charge is 0.250 e. The molecule has 3 aromatic rings. The Labute approximate surface area is 156 Å². The summed E-state index contributed by atoms with van der Waals surface area (Å²) in [4.78, 5) is 14.4. The zero-order chi connectivity index (χ0) is 18.6. The number of carbonyl (C=O) groups excluding carboxylic acids is 1. The van der Waals surface area contributed by atoms with E-state index >= 15 is 0 Å². The number of aromatic nitrogens is 2.